The molecule has 0 heterocycles. The molecule has 2 nitrogen and oxygen atoms in total. The van der Waals surface area contributed by atoms with Crippen LogP contribution in [0.5, 0.6) is 0 Å². The van der Waals surface area contributed by atoms with Crippen molar-refractivity contribution in [3.8, 4) is 0 Å². The first-order valence-corrected chi connectivity index (χ1v) is 4.90. The Balaban J connectivity index is 2.39. The summed E-state index contributed by atoms with van der Waals surface area (Å²) >= 11 is 0. The predicted molar refractivity (Wildman–Crippen MR) is 56.6 cm³/mol. The van der Waals surface area contributed by atoms with Gasteiger partial charge in [-0.05, 0) is 31.0 Å². The lowest BCUT2D eigenvalue weighted by molar-refractivity contribution is 0.552. The van der Waals surface area contributed by atoms with Gasteiger partial charge in [0.15, 0.2) is 0 Å². The number of hydrogen-bond donors (Lipinski definition) is 2. The zero-order valence-electron chi connectivity index (χ0n) is 8.46. The van der Waals surface area contributed by atoms with Crippen molar-refractivity contribution in [2.45, 2.75) is 19.4 Å². The molecule has 0 amide bonds. The summed E-state index contributed by atoms with van der Waals surface area (Å²) in [6.45, 7) is 3.56. The third kappa shape index (κ3) is 3.85. The standard InChI is InChI=1S/C11H17FN2/c1-9(14-7-6-13)8-10-2-4-11(12)5-3-10/h2-5,9,14H,6-8,13H2,1H3. The Morgan fingerprint density at radius 2 is 2.00 bits per heavy atom. The van der Waals surface area contributed by atoms with Crippen LogP contribution in [0.4, 0.5) is 4.39 Å². The molecular weight excluding hydrogens is 179 g/mol. The number of benzene rings is 1. The van der Waals surface area contributed by atoms with Gasteiger partial charge in [0.2, 0.25) is 0 Å². The van der Waals surface area contributed by atoms with Crippen molar-refractivity contribution in [2.24, 2.45) is 5.73 Å². The van der Waals surface area contributed by atoms with E-state index in [9.17, 15) is 4.39 Å². The smallest absolute Gasteiger partial charge is 0.123 e. The first-order valence-electron chi connectivity index (χ1n) is 4.90. The van der Waals surface area contributed by atoms with Gasteiger partial charge in [0, 0.05) is 19.1 Å². The van der Waals surface area contributed by atoms with Crippen LogP contribution in [0.2, 0.25) is 0 Å². The third-order valence-corrected chi connectivity index (χ3v) is 2.09. The summed E-state index contributed by atoms with van der Waals surface area (Å²) in [5, 5.41) is 3.28. The lowest BCUT2D eigenvalue weighted by Crippen LogP contribution is -2.32. The topological polar surface area (TPSA) is 38.0 Å². The van der Waals surface area contributed by atoms with E-state index in [0.717, 1.165) is 18.5 Å². The molecule has 14 heavy (non-hydrogen) atoms. The van der Waals surface area contributed by atoms with E-state index in [4.69, 9.17) is 5.73 Å². The highest BCUT2D eigenvalue weighted by molar-refractivity contribution is 5.16. The fraction of sp³-hybridized carbons (Fsp3) is 0.455. The molecule has 0 aromatic heterocycles. The summed E-state index contributed by atoms with van der Waals surface area (Å²) in [6, 6.07) is 6.99. The van der Waals surface area contributed by atoms with Gasteiger partial charge in [0.1, 0.15) is 5.82 Å². The second kappa shape index (κ2) is 5.73. The third-order valence-electron chi connectivity index (χ3n) is 2.09. The molecule has 0 aliphatic rings. The van der Waals surface area contributed by atoms with Crippen LogP contribution >= 0.6 is 0 Å². The van der Waals surface area contributed by atoms with Crippen LogP contribution in [0.15, 0.2) is 24.3 Å². The van der Waals surface area contributed by atoms with Crippen LogP contribution < -0.4 is 11.1 Å². The van der Waals surface area contributed by atoms with Gasteiger partial charge in [-0.3, -0.25) is 0 Å². The Labute approximate surface area is 84.3 Å². The van der Waals surface area contributed by atoms with Crippen molar-refractivity contribution >= 4 is 0 Å². The van der Waals surface area contributed by atoms with Gasteiger partial charge >= 0.3 is 0 Å². The Hall–Kier alpha value is -0.930. The summed E-state index contributed by atoms with van der Waals surface area (Å²) < 4.78 is 12.6. The zero-order chi connectivity index (χ0) is 10.4. The summed E-state index contributed by atoms with van der Waals surface area (Å²) in [4.78, 5) is 0. The highest BCUT2D eigenvalue weighted by Gasteiger charge is 2.01. The molecule has 0 aliphatic carbocycles. The predicted octanol–water partition coefficient (Wildman–Crippen LogP) is 1.30. The van der Waals surface area contributed by atoms with E-state index in [1.807, 2.05) is 12.1 Å². The van der Waals surface area contributed by atoms with Crippen molar-refractivity contribution in [3.63, 3.8) is 0 Å². The summed E-state index contributed by atoms with van der Waals surface area (Å²) in [5.74, 6) is -0.184. The molecule has 1 aromatic carbocycles. The van der Waals surface area contributed by atoms with Crippen molar-refractivity contribution < 1.29 is 4.39 Å². The Bertz CT molecular complexity index is 258. The van der Waals surface area contributed by atoms with Crippen molar-refractivity contribution in [1.82, 2.24) is 5.32 Å². The molecule has 0 spiro atoms. The van der Waals surface area contributed by atoms with Crippen LogP contribution in [0.25, 0.3) is 0 Å². The SMILES string of the molecule is CC(Cc1ccc(F)cc1)NCCN. The number of halogens is 1. The quantitative estimate of drug-likeness (QED) is 0.745. The zero-order valence-corrected chi connectivity index (χ0v) is 8.46. The molecule has 0 bridgehead atoms. The van der Waals surface area contributed by atoms with Crippen LogP contribution in [-0.2, 0) is 6.42 Å². The number of nitrogens with two attached hydrogens (primary N) is 1. The number of nitrogens with one attached hydrogen (secondary N) is 1. The molecule has 0 aliphatic heterocycles. The van der Waals surface area contributed by atoms with Crippen LogP contribution in [0, 0.1) is 5.82 Å². The monoisotopic (exact) mass is 196 g/mol. The Morgan fingerprint density at radius 1 is 1.36 bits per heavy atom. The fourth-order valence-electron chi connectivity index (χ4n) is 1.38. The van der Waals surface area contributed by atoms with Gasteiger partial charge in [-0.2, -0.15) is 0 Å². The van der Waals surface area contributed by atoms with Crippen molar-refractivity contribution in [3.05, 3.63) is 35.6 Å². The van der Waals surface area contributed by atoms with Crippen molar-refractivity contribution in [2.75, 3.05) is 13.1 Å². The molecule has 0 radical (unpaired) electrons. The first kappa shape index (κ1) is 11.1. The fourth-order valence-corrected chi connectivity index (χ4v) is 1.38. The molecular formula is C11H17FN2. The average molecular weight is 196 g/mol. The first-order chi connectivity index (χ1) is 6.72. The van der Waals surface area contributed by atoms with E-state index in [-0.39, 0.29) is 5.82 Å². The van der Waals surface area contributed by atoms with E-state index in [1.54, 1.807) is 0 Å². The van der Waals surface area contributed by atoms with Crippen LogP contribution in [0.1, 0.15) is 12.5 Å². The molecule has 3 N–H and O–H groups in total. The van der Waals surface area contributed by atoms with Crippen LogP contribution in [0.3, 0.4) is 0 Å². The highest BCUT2D eigenvalue weighted by atomic mass is 19.1. The minimum atomic E-state index is -0.184. The maximum Gasteiger partial charge on any atom is 0.123 e. The summed E-state index contributed by atoms with van der Waals surface area (Å²) in [5.41, 5.74) is 6.52. The second-order valence-corrected chi connectivity index (χ2v) is 3.47. The largest absolute Gasteiger partial charge is 0.329 e. The van der Waals surface area contributed by atoms with Crippen LogP contribution in [-0.4, -0.2) is 19.1 Å². The van der Waals surface area contributed by atoms with Gasteiger partial charge in [0.05, 0.1) is 0 Å². The maximum atomic E-state index is 12.6. The van der Waals surface area contributed by atoms with Gasteiger partial charge in [-0.1, -0.05) is 12.1 Å². The average Bonchev–Trinajstić information content (AvgIpc) is 2.18. The minimum Gasteiger partial charge on any atom is -0.329 e. The van der Waals surface area contributed by atoms with E-state index >= 15 is 0 Å². The normalized spacial score (nSPS) is 12.8. The molecule has 1 unspecified atom stereocenters. The molecule has 0 fully saturated rings. The van der Waals surface area contributed by atoms with E-state index < -0.39 is 0 Å². The highest BCUT2D eigenvalue weighted by Crippen LogP contribution is 2.05. The number of hydrogen-bond acceptors (Lipinski definition) is 2. The molecule has 0 saturated heterocycles. The second-order valence-electron chi connectivity index (χ2n) is 3.47. The molecule has 78 valence electrons. The van der Waals surface area contributed by atoms with E-state index in [2.05, 4.69) is 12.2 Å². The van der Waals surface area contributed by atoms with Crippen molar-refractivity contribution in [1.29, 1.82) is 0 Å². The molecule has 1 atom stereocenters. The van der Waals surface area contributed by atoms with Gasteiger partial charge < -0.3 is 11.1 Å². The van der Waals surface area contributed by atoms with Gasteiger partial charge in [-0.15, -0.1) is 0 Å². The molecule has 3 heteroatoms. The summed E-state index contributed by atoms with van der Waals surface area (Å²) in [6.07, 6.45) is 0.903. The Morgan fingerprint density at radius 3 is 2.57 bits per heavy atom. The van der Waals surface area contributed by atoms with E-state index in [1.165, 1.54) is 12.1 Å². The molecule has 1 aromatic rings. The lowest BCUT2D eigenvalue weighted by Gasteiger charge is -2.12. The maximum absolute atomic E-state index is 12.6. The number of rotatable bonds is 5. The Kier molecular flexibility index (Phi) is 4.56. The molecule has 0 saturated carbocycles. The summed E-state index contributed by atoms with van der Waals surface area (Å²) in [7, 11) is 0. The van der Waals surface area contributed by atoms with E-state index in [0.29, 0.717) is 12.6 Å². The minimum absolute atomic E-state index is 0.184. The van der Waals surface area contributed by atoms with Gasteiger partial charge in [-0.25, -0.2) is 4.39 Å². The molecule has 1 rings (SSSR count). The lowest BCUT2D eigenvalue weighted by atomic mass is 10.1. The van der Waals surface area contributed by atoms with Gasteiger partial charge in [0.25, 0.3) is 0 Å².